The summed E-state index contributed by atoms with van der Waals surface area (Å²) < 4.78 is 4.80. The number of rotatable bonds is 2. The van der Waals surface area contributed by atoms with Crippen molar-refractivity contribution in [1.82, 2.24) is 5.32 Å². The average Bonchev–Trinajstić information content (AvgIpc) is 2.88. The number of esters is 1. The van der Waals surface area contributed by atoms with Gasteiger partial charge in [-0.2, -0.15) is 0 Å². The number of carbonyl (C=O) groups is 4. The van der Waals surface area contributed by atoms with Crippen molar-refractivity contribution in [2.75, 3.05) is 12.0 Å². The van der Waals surface area contributed by atoms with Gasteiger partial charge in [0.25, 0.3) is 0 Å². The number of methoxy groups -OCH3 is 1. The summed E-state index contributed by atoms with van der Waals surface area (Å²) in [4.78, 5) is 51.6. The summed E-state index contributed by atoms with van der Waals surface area (Å²) in [7, 11) is 1.18. The highest BCUT2D eigenvalue weighted by molar-refractivity contribution is 6.26. The van der Waals surface area contributed by atoms with Crippen LogP contribution in [0.2, 0.25) is 0 Å². The van der Waals surface area contributed by atoms with E-state index in [2.05, 4.69) is 5.32 Å². The van der Waals surface area contributed by atoms with E-state index < -0.39 is 47.0 Å². The van der Waals surface area contributed by atoms with Crippen LogP contribution in [0.15, 0.2) is 42.5 Å². The molecule has 0 aromatic heterocycles. The number of imide groups is 1. The van der Waals surface area contributed by atoms with Gasteiger partial charge in [0.2, 0.25) is 17.7 Å². The van der Waals surface area contributed by atoms with Gasteiger partial charge >= 0.3 is 5.97 Å². The van der Waals surface area contributed by atoms with Crippen LogP contribution in [0, 0.1) is 17.8 Å². The van der Waals surface area contributed by atoms with Crippen molar-refractivity contribution in [3.05, 3.63) is 42.5 Å². The Kier molecular flexibility index (Phi) is 2.90. The number of ether oxygens (including phenoxy) is 1. The zero-order valence-electron chi connectivity index (χ0n) is 12.8. The van der Waals surface area contributed by atoms with Crippen LogP contribution in [-0.2, 0) is 23.9 Å². The lowest BCUT2D eigenvalue weighted by molar-refractivity contribution is -0.160. The van der Waals surface area contributed by atoms with Crippen LogP contribution in [0.3, 0.4) is 0 Å². The highest BCUT2D eigenvalue weighted by Crippen LogP contribution is 2.48. The van der Waals surface area contributed by atoms with Crippen LogP contribution in [0.25, 0.3) is 0 Å². The molecule has 4 atom stereocenters. The van der Waals surface area contributed by atoms with Crippen molar-refractivity contribution in [3.8, 4) is 0 Å². The van der Waals surface area contributed by atoms with Crippen molar-refractivity contribution < 1.29 is 23.9 Å². The molecule has 2 saturated heterocycles. The molecule has 0 unspecified atom stereocenters. The number of nitrogens with zero attached hydrogens (tertiary/aromatic N) is 1. The fourth-order valence-electron chi connectivity index (χ4n) is 3.91. The fraction of sp³-hybridized carbons (Fsp3) is 0.294. The van der Waals surface area contributed by atoms with E-state index in [4.69, 9.17) is 4.74 Å². The minimum absolute atomic E-state index is 0.425. The largest absolute Gasteiger partial charge is 0.467 e. The Morgan fingerprint density at radius 3 is 2.50 bits per heavy atom. The lowest BCUT2D eigenvalue weighted by atomic mass is 9.63. The molecule has 3 amide bonds. The summed E-state index contributed by atoms with van der Waals surface area (Å²) >= 11 is 0. The second-order valence-corrected chi connectivity index (χ2v) is 6.09. The van der Waals surface area contributed by atoms with E-state index in [0.29, 0.717) is 5.69 Å². The number of hydrogen-bond donors (Lipinski definition) is 1. The molecule has 1 aromatic carbocycles. The number of piperidine rings is 1. The number of hydrogen-bond acceptors (Lipinski definition) is 5. The summed E-state index contributed by atoms with van der Waals surface area (Å²) in [6.07, 6.45) is 3.00. The first-order valence-electron chi connectivity index (χ1n) is 7.54. The average molecular weight is 326 g/mol. The Morgan fingerprint density at radius 2 is 1.88 bits per heavy atom. The summed E-state index contributed by atoms with van der Waals surface area (Å²) in [6.45, 7) is 0. The molecule has 1 N–H and O–H groups in total. The van der Waals surface area contributed by atoms with Crippen molar-refractivity contribution in [3.63, 3.8) is 0 Å². The predicted molar refractivity (Wildman–Crippen MR) is 81.4 cm³/mol. The number of fused-ring (bicyclic) bond motifs is 1. The zero-order chi connectivity index (χ0) is 17.1. The first-order chi connectivity index (χ1) is 11.5. The van der Waals surface area contributed by atoms with E-state index in [0.717, 1.165) is 4.90 Å². The minimum Gasteiger partial charge on any atom is -0.467 e. The molecule has 5 rings (SSSR count). The molecular weight excluding hydrogens is 312 g/mol. The fourth-order valence-corrected chi connectivity index (χ4v) is 3.91. The van der Waals surface area contributed by atoms with E-state index in [1.807, 2.05) is 0 Å². The lowest BCUT2D eigenvalue weighted by Crippen LogP contribution is -2.69. The highest BCUT2D eigenvalue weighted by Gasteiger charge is 2.68. The molecule has 2 fully saturated rings. The quantitative estimate of drug-likeness (QED) is 0.470. The number of amides is 3. The maximum Gasteiger partial charge on any atom is 0.336 e. The Morgan fingerprint density at radius 1 is 1.17 bits per heavy atom. The maximum absolute atomic E-state index is 13.0. The smallest absolute Gasteiger partial charge is 0.336 e. The second-order valence-electron chi connectivity index (χ2n) is 6.09. The standard InChI is InChI=1S/C17H14N2O5/c1-24-16(23)17-8-7-10(13(20)18-17)11-12(17)15(22)19(14(11)21)9-5-3-2-4-6-9/h2-8,10-12H,1H3,(H,18,20)/t10-,11+,12-,17+/m0/s1. The molecule has 0 saturated carbocycles. The molecule has 4 aliphatic rings. The molecule has 7 heteroatoms. The van der Waals surface area contributed by atoms with Gasteiger partial charge in [0.1, 0.15) is 0 Å². The number of nitrogens with one attached hydrogen (secondary N) is 1. The van der Waals surface area contributed by atoms with Gasteiger partial charge < -0.3 is 10.1 Å². The molecular formula is C17H14N2O5. The minimum atomic E-state index is -1.62. The van der Waals surface area contributed by atoms with Gasteiger partial charge in [0.05, 0.1) is 30.6 Å². The van der Waals surface area contributed by atoms with Crippen LogP contribution < -0.4 is 10.2 Å². The van der Waals surface area contributed by atoms with Gasteiger partial charge in [-0.15, -0.1) is 0 Å². The molecule has 0 spiro atoms. The topological polar surface area (TPSA) is 92.8 Å². The van der Waals surface area contributed by atoms with Gasteiger partial charge in [0.15, 0.2) is 5.54 Å². The maximum atomic E-state index is 13.0. The Labute approximate surface area is 137 Å². The van der Waals surface area contributed by atoms with E-state index in [1.54, 1.807) is 30.3 Å². The molecule has 3 heterocycles. The van der Waals surface area contributed by atoms with Crippen molar-refractivity contribution >= 4 is 29.4 Å². The third kappa shape index (κ3) is 1.61. The first kappa shape index (κ1) is 14.6. The monoisotopic (exact) mass is 326 g/mol. The molecule has 2 bridgehead atoms. The molecule has 24 heavy (non-hydrogen) atoms. The number of carbonyl (C=O) groups excluding carboxylic acids is 4. The van der Waals surface area contributed by atoms with Crippen LogP contribution in [-0.4, -0.2) is 36.3 Å². The van der Waals surface area contributed by atoms with Crippen LogP contribution in [0.4, 0.5) is 5.69 Å². The van der Waals surface area contributed by atoms with Crippen LogP contribution in [0.5, 0.6) is 0 Å². The summed E-state index contributed by atoms with van der Waals surface area (Å²) in [5, 5.41) is 2.57. The Bertz CT molecular complexity index is 802. The third-order valence-corrected chi connectivity index (χ3v) is 4.97. The normalized spacial score (nSPS) is 33.5. The van der Waals surface area contributed by atoms with Gasteiger partial charge in [-0.1, -0.05) is 30.4 Å². The molecule has 0 radical (unpaired) electrons. The Hall–Kier alpha value is -2.96. The Balaban J connectivity index is 1.86. The van der Waals surface area contributed by atoms with Crippen molar-refractivity contribution in [2.24, 2.45) is 17.8 Å². The zero-order valence-corrected chi connectivity index (χ0v) is 12.8. The van der Waals surface area contributed by atoms with E-state index in [9.17, 15) is 19.2 Å². The number of anilines is 1. The molecule has 1 aliphatic carbocycles. The van der Waals surface area contributed by atoms with E-state index in [1.165, 1.54) is 19.3 Å². The first-order valence-corrected chi connectivity index (χ1v) is 7.54. The third-order valence-electron chi connectivity index (χ3n) is 4.97. The van der Waals surface area contributed by atoms with Gasteiger partial charge in [-0.25, -0.2) is 9.69 Å². The SMILES string of the molecule is COC(=O)[C@]12C=C[C@H](C(=O)N1)[C@H]1C(=O)N(c3ccccc3)C(=O)[C@H]12. The second kappa shape index (κ2) is 4.77. The van der Waals surface area contributed by atoms with Gasteiger partial charge in [-0.05, 0) is 12.1 Å². The number of para-hydroxylation sites is 1. The van der Waals surface area contributed by atoms with Gasteiger partial charge in [0, 0.05) is 0 Å². The van der Waals surface area contributed by atoms with E-state index in [-0.39, 0.29) is 0 Å². The summed E-state index contributed by atoms with van der Waals surface area (Å²) in [6, 6.07) is 8.48. The highest BCUT2D eigenvalue weighted by atomic mass is 16.5. The van der Waals surface area contributed by atoms with E-state index >= 15 is 0 Å². The molecule has 1 aromatic rings. The molecule has 122 valence electrons. The van der Waals surface area contributed by atoms with Crippen LogP contribution in [0.1, 0.15) is 0 Å². The molecule has 3 aliphatic heterocycles. The lowest BCUT2D eigenvalue weighted by Gasteiger charge is -2.45. The van der Waals surface area contributed by atoms with Crippen LogP contribution >= 0.6 is 0 Å². The number of benzene rings is 1. The molecule has 7 nitrogen and oxygen atoms in total. The van der Waals surface area contributed by atoms with Gasteiger partial charge in [-0.3, -0.25) is 14.4 Å². The summed E-state index contributed by atoms with van der Waals surface area (Å²) in [5.74, 6) is -4.81. The summed E-state index contributed by atoms with van der Waals surface area (Å²) in [5.41, 5.74) is -1.20. The predicted octanol–water partition coefficient (Wildman–Crippen LogP) is 0.0198. The van der Waals surface area contributed by atoms with Crippen molar-refractivity contribution in [2.45, 2.75) is 5.54 Å². The van der Waals surface area contributed by atoms with Crippen molar-refractivity contribution in [1.29, 1.82) is 0 Å².